The summed E-state index contributed by atoms with van der Waals surface area (Å²) in [4.78, 5) is 14.1. The fourth-order valence-electron chi connectivity index (χ4n) is 3.18. The number of benzene rings is 2. The van der Waals surface area contributed by atoms with E-state index in [1.165, 1.54) is 4.80 Å². The molecule has 0 aliphatic carbocycles. The van der Waals surface area contributed by atoms with Gasteiger partial charge in [0.25, 0.3) is 0 Å². The second-order valence-corrected chi connectivity index (χ2v) is 7.47. The molecule has 2 heterocycles. The Hall–Kier alpha value is -3.52. The van der Waals surface area contributed by atoms with Gasteiger partial charge in [-0.3, -0.25) is 4.79 Å². The SMILES string of the molecule is CCC(C(=O)NCCc1cnn(-c2ccccc2)c1)n1nnc(-c2ccc(Cl)cc2)n1. The molecule has 4 aromatic rings. The predicted molar refractivity (Wildman–Crippen MR) is 118 cm³/mol. The fraction of sp³-hybridized carbons (Fsp3) is 0.227. The van der Waals surface area contributed by atoms with Crippen LogP contribution in [0.15, 0.2) is 67.0 Å². The van der Waals surface area contributed by atoms with Crippen LogP contribution < -0.4 is 5.32 Å². The molecule has 0 aliphatic rings. The lowest BCUT2D eigenvalue weighted by Gasteiger charge is -2.13. The van der Waals surface area contributed by atoms with E-state index in [-0.39, 0.29) is 5.91 Å². The maximum Gasteiger partial charge on any atom is 0.246 e. The number of amides is 1. The van der Waals surface area contributed by atoms with Crippen molar-refractivity contribution in [2.75, 3.05) is 6.54 Å². The third-order valence-electron chi connectivity index (χ3n) is 4.87. The van der Waals surface area contributed by atoms with E-state index in [0.717, 1.165) is 16.8 Å². The summed E-state index contributed by atoms with van der Waals surface area (Å²) in [5.41, 5.74) is 2.83. The van der Waals surface area contributed by atoms with Gasteiger partial charge < -0.3 is 5.32 Å². The van der Waals surface area contributed by atoms with Crippen LogP contribution in [0.1, 0.15) is 24.9 Å². The molecule has 0 bridgehead atoms. The topological polar surface area (TPSA) is 90.5 Å². The van der Waals surface area contributed by atoms with E-state index in [4.69, 9.17) is 11.6 Å². The first-order chi connectivity index (χ1) is 15.1. The number of aromatic nitrogens is 6. The van der Waals surface area contributed by atoms with E-state index in [1.54, 1.807) is 12.1 Å². The molecule has 0 spiro atoms. The fourth-order valence-corrected chi connectivity index (χ4v) is 3.31. The molecule has 0 saturated heterocycles. The highest BCUT2D eigenvalue weighted by molar-refractivity contribution is 6.30. The van der Waals surface area contributed by atoms with Gasteiger partial charge in [-0.05, 0) is 60.0 Å². The van der Waals surface area contributed by atoms with Crippen LogP contribution >= 0.6 is 11.6 Å². The van der Waals surface area contributed by atoms with Crippen molar-refractivity contribution >= 4 is 17.5 Å². The van der Waals surface area contributed by atoms with Crippen LogP contribution in [0, 0.1) is 0 Å². The molecule has 31 heavy (non-hydrogen) atoms. The first-order valence-corrected chi connectivity index (χ1v) is 10.4. The van der Waals surface area contributed by atoms with Crippen molar-refractivity contribution in [3.63, 3.8) is 0 Å². The van der Waals surface area contributed by atoms with Crippen molar-refractivity contribution in [2.45, 2.75) is 25.8 Å². The van der Waals surface area contributed by atoms with E-state index >= 15 is 0 Å². The minimum absolute atomic E-state index is 0.141. The average Bonchev–Trinajstić information content (AvgIpc) is 3.46. The molecule has 8 nitrogen and oxygen atoms in total. The maximum absolute atomic E-state index is 12.7. The number of carbonyl (C=O) groups excluding carboxylic acids is 1. The van der Waals surface area contributed by atoms with E-state index in [1.807, 2.05) is 66.5 Å². The number of para-hydroxylation sites is 1. The van der Waals surface area contributed by atoms with Crippen LogP contribution in [0.25, 0.3) is 17.1 Å². The summed E-state index contributed by atoms with van der Waals surface area (Å²) in [7, 11) is 0. The summed E-state index contributed by atoms with van der Waals surface area (Å²) < 4.78 is 1.82. The summed E-state index contributed by atoms with van der Waals surface area (Å²) >= 11 is 5.92. The van der Waals surface area contributed by atoms with Gasteiger partial charge in [0, 0.05) is 23.3 Å². The smallest absolute Gasteiger partial charge is 0.246 e. The van der Waals surface area contributed by atoms with E-state index in [2.05, 4.69) is 25.8 Å². The lowest BCUT2D eigenvalue weighted by Crippen LogP contribution is -2.34. The highest BCUT2D eigenvalue weighted by Gasteiger charge is 2.21. The largest absolute Gasteiger partial charge is 0.354 e. The highest BCUT2D eigenvalue weighted by Crippen LogP contribution is 2.18. The Labute approximate surface area is 184 Å². The highest BCUT2D eigenvalue weighted by atomic mass is 35.5. The van der Waals surface area contributed by atoms with Crippen molar-refractivity contribution in [2.24, 2.45) is 0 Å². The number of nitrogens with zero attached hydrogens (tertiary/aromatic N) is 6. The number of halogens is 1. The van der Waals surface area contributed by atoms with Crippen LogP contribution in [0.3, 0.4) is 0 Å². The molecular formula is C22H22ClN7O. The van der Waals surface area contributed by atoms with Gasteiger partial charge in [-0.25, -0.2) is 4.68 Å². The van der Waals surface area contributed by atoms with Crippen molar-refractivity contribution in [1.82, 2.24) is 35.3 Å². The van der Waals surface area contributed by atoms with Crippen LogP contribution in [0.2, 0.25) is 5.02 Å². The minimum Gasteiger partial charge on any atom is -0.354 e. The van der Waals surface area contributed by atoms with Gasteiger partial charge in [0.15, 0.2) is 6.04 Å². The molecule has 1 unspecified atom stereocenters. The maximum atomic E-state index is 12.7. The molecule has 1 N–H and O–H groups in total. The van der Waals surface area contributed by atoms with Gasteiger partial charge in [-0.1, -0.05) is 36.7 Å². The van der Waals surface area contributed by atoms with Crippen LogP contribution in [0.5, 0.6) is 0 Å². The number of hydrogen-bond donors (Lipinski definition) is 1. The Morgan fingerprint density at radius 1 is 1.13 bits per heavy atom. The molecule has 2 aromatic heterocycles. The zero-order chi connectivity index (χ0) is 21.6. The molecule has 0 saturated carbocycles. The Kier molecular flexibility index (Phi) is 6.37. The Morgan fingerprint density at radius 3 is 2.65 bits per heavy atom. The normalized spacial score (nSPS) is 11.9. The van der Waals surface area contributed by atoms with Crippen molar-refractivity contribution in [3.8, 4) is 17.1 Å². The van der Waals surface area contributed by atoms with Gasteiger partial charge in [-0.2, -0.15) is 9.90 Å². The zero-order valence-corrected chi connectivity index (χ0v) is 17.8. The number of nitrogens with one attached hydrogen (secondary N) is 1. The third kappa shape index (κ3) is 4.97. The molecule has 158 valence electrons. The van der Waals surface area contributed by atoms with Crippen molar-refractivity contribution in [3.05, 3.63) is 77.6 Å². The molecule has 0 aliphatic heterocycles. The monoisotopic (exact) mass is 435 g/mol. The van der Waals surface area contributed by atoms with E-state index < -0.39 is 6.04 Å². The second kappa shape index (κ2) is 9.53. The van der Waals surface area contributed by atoms with E-state index in [9.17, 15) is 4.79 Å². The van der Waals surface area contributed by atoms with Crippen LogP contribution in [-0.2, 0) is 11.2 Å². The zero-order valence-electron chi connectivity index (χ0n) is 17.0. The molecule has 0 radical (unpaired) electrons. The molecule has 9 heteroatoms. The lowest BCUT2D eigenvalue weighted by atomic mass is 10.2. The standard InChI is InChI=1S/C22H22ClN7O/c1-2-20(30-27-21(26-28-30)17-8-10-18(23)11-9-17)22(31)24-13-12-16-14-25-29(15-16)19-6-4-3-5-7-19/h3-11,14-15,20H,2,12-13H2,1H3,(H,24,31). The molecule has 1 amide bonds. The third-order valence-corrected chi connectivity index (χ3v) is 5.12. The van der Waals surface area contributed by atoms with Crippen molar-refractivity contribution in [1.29, 1.82) is 0 Å². The first kappa shape index (κ1) is 20.7. The average molecular weight is 436 g/mol. The summed E-state index contributed by atoms with van der Waals surface area (Å²) in [5, 5.41) is 20.5. The molecule has 0 fully saturated rings. The molecule has 2 aromatic carbocycles. The van der Waals surface area contributed by atoms with Gasteiger partial charge in [0.1, 0.15) is 0 Å². The number of hydrogen-bond acceptors (Lipinski definition) is 5. The van der Waals surface area contributed by atoms with E-state index in [0.29, 0.717) is 30.2 Å². The van der Waals surface area contributed by atoms with Gasteiger partial charge >= 0.3 is 0 Å². The molecular weight excluding hydrogens is 414 g/mol. The van der Waals surface area contributed by atoms with Crippen LogP contribution in [-0.4, -0.2) is 42.4 Å². The summed E-state index contributed by atoms with van der Waals surface area (Å²) in [6.45, 7) is 2.41. The number of tetrazole rings is 1. The number of rotatable bonds is 8. The predicted octanol–water partition coefficient (Wildman–Crippen LogP) is 3.49. The molecule has 4 rings (SSSR count). The summed E-state index contributed by atoms with van der Waals surface area (Å²) in [6.07, 6.45) is 5.01. The quantitative estimate of drug-likeness (QED) is 0.457. The second-order valence-electron chi connectivity index (χ2n) is 7.03. The van der Waals surface area contributed by atoms with Crippen LogP contribution in [0.4, 0.5) is 0 Å². The van der Waals surface area contributed by atoms with Gasteiger partial charge in [-0.15, -0.1) is 10.2 Å². The van der Waals surface area contributed by atoms with Gasteiger partial charge in [0.05, 0.1) is 11.9 Å². The summed E-state index contributed by atoms with van der Waals surface area (Å²) in [5.74, 6) is 0.314. The Bertz CT molecular complexity index is 1140. The Balaban J connectivity index is 1.34. The number of carbonyl (C=O) groups is 1. The van der Waals surface area contributed by atoms with Gasteiger partial charge in [0.2, 0.25) is 11.7 Å². The summed E-state index contributed by atoms with van der Waals surface area (Å²) in [6, 6.07) is 16.5. The first-order valence-electron chi connectivity index (χ1n) is 10.1. The minimum atomic E-state index is -0.527. The Morgan fingerprint density at radius 2 is 1.90 bits per heavy atom. The molecule has 1 atom stereocenters. The lowest BCUT2D eigenvalue weighted by molar-refractivity contribution is -0.125. The van der Waals surface area contributed by atoms with Crippen molar-refractivity contribution < 1.29 is 4.79 Å².